The summed E-state index contributed by atoms with van der Waals surface area (Å²) in [6.07, 6.45) is 0.895. The van der Waals surface area contributed by atoms with Crippen molar-refractivity contribution in [1.29, 1.82) is 0 Å². The molecule has 3 aromatic rings. The van der Waals surface area contributed by atoms with Crippen molar-refractivity contribution in [3.63, 3.8) is 0 Å². The molecule has 1 aromatic heterocycles. The number of hydrogen-bond acceptors (Lipinski definition) is 5. The van der Waals surface area contributed by atoms with E-state index in [1.807, 2.05) is 18.2 Å². The Bertz CT molecular complexity index is 847. The van der Waals surface area contributed by atoms with Gasteiger partial charge in [0, 0.05) is 30.4 Å². The quantitative estimate of drug-likeness (QED) is 0.697. The lowest BCUT2D eigenvalue weighted by molar-refractivity contribution is 0.393. The van der Waals surface area contributed by atoms with Crippen LogP contribution in [0.1, 0.15) is 5.56 Å². The molecule has 0 bridgehead atoms. The van der Waals surface area contributed by atoms with E-state index in [0.717, 1.165) is 23.6 Å². The number of anilines is 1. The molecule has 0 aliphatic carbocycles. The Morgan fingerprint density at radius 3 is 2.64 bits per heavy atom. The van der Waals surface area contributed by atoms with Gasteiger partial charge in [0.15, 0.2) is 0 Å². The molecule has 0 radical (unpaired) electrons. The molecule has 0 aliphatic rings. The van der Waals surface area contributed by atoms with E-state index in [1.54, 1.807) is 25.6 Å². The van der Waals surface area contributed by atoms with Crippen molar-refractivity contribution < 1.29 is 9.47 Å². The van der Waals surface area contributed by atoms with Crippen LogP contribution < -0.4 is 20.1 Å². The maximum absolute atomic E-state index is 6.12. The van der Waals surface area contributed by atoms with E-state index in [4.69, 9.17) is 15.2 Å². The van der Waals surface area contributed by atoms with Gasteiger partial charge in [-0.2, -0.15) is 0 Å². The first kappa shape index (κ1) is 17.6. The minimum absolute atomic E-state index is 0.181. The number of hydrogen-bond donors (Lipinski definition) is 1. The van der Waals surface area contributed by atoms with E-state index in [1.165, 1.54) is 15.6 Å². The number of nitrogens with two attached hydrogens (primary N) is 1. The van der Waals surface area contributed by atoms with Crippen LogP contribution in [0.15, 0.2) is 47.8 Å². The predicted molar refractivity (Wildman–Crippen MR) is 106 cm³/mol. The van der Waals surface area contributed by atoms with Gasteiger partial charge in [-0.15, -0.1) is 11.3 Å². The Morgan fingerprint density at radius 1 is 1.12 bits per heavy atom. The van der Waals surface area contributed by atoms with Crippen molar-refractivity contribution in [2.45, 2.75) is 12.5 Å². The lowest BCUT2D eigenvalue weighted by atomic mass is 10.0. The minimum atomic E-state index is 0.181. The third-order valence-electron chi connectivity index (χ3n) is 4.60. The van der Waals surface area contributed by atoms with Crippen LogP contribution in [0.5, 0.6) is 11.5 Å². The molecule has 2 aromatic carbocycles. The van der Waals surface area contributed by atoms with Gasteiger partial charge in [0.05, 0.1) is 19.9 Å². The van der Waals surface area contributed by atoms with Crippen LogP contribution in [-0.2, 0) is 6.42 Å². The summed E-state index contributed by atoms with van der Waals surface area (Å²) in [5.41, 5.74) is 8.47. The fourth-order valence-electron chi connectivity index (χ4n) is 3.10. The molecule has 0 saturated heterocycles. The number of methoxy groups -OCH3 is 2. The van der Waals surface area contributed by atoms with E-state index in [9.17, 15) is 0 Å². The Morgan fingerprint density at radius 2 is 1.92 bits per heavy atom. The standard InChI is InChI=1S/C20H24N2O2S/c1-22(18-9-8-16(23-2)11-19(18)24-3)15(12-21)10-14-13-25-20-7-5-4-6-17(14)20/h4-9,11,13,15H,10,12,21H2,1-3H3. The van der Waals surface area contributed by atoms with Crippen LogP contribution in [-0.4, -0.2) is 33.9 Å². The molecule has 5 heteroatoms. The van der Waals surface area contributed by atoms with Gasteiger partial charge in [0.1, 0.15) is 11.5 Å². The zero-order valence-corrected chi connectivity index (χ0v) is 15.7. The summed E-state index contributed by atoms with van der Waals surface area (Å²) < 4.78 is 12.2. The van der Waals surface area contributed by atoms with Crippen molar-refractivity contribution in [2.24, 2.45) is 5.73 Å². The van der Waals surface area contributed by atoms with Crippen LogP contribution in [0.4, 0.5) is 5.69 Å². The van der Waals surface area contributed by atoms with Gasteiger partial charge in [0.2, 0.25) is 0 Å². The normalized spacial score (nSPS) is 12.2. The monoisotopic (exact) mass is 356 g/mol. The molecule has 1 atom stereocenters. The van der Waals surface area contributed by atoms with Gasteiger partial charge in [-0.3, -0.25) is 0 Å². The second-order valence-electron chi connectivity index (χ2n) is 6.00. The van der Waals surface area contributed by atoms with Gasteiger partial charge < -0.3 is 20.1 Å². The molecule has 132 valence electrons. The molecular weight excluding hydrogens is 332 g/mol. The number of benzene rings is 2. The van der Waals surface area contributed by atoms with E-state index in [-0.39, 0.29) is 6.04 Å². The van der Waals surface area contributed by atoms with Crippen LogP contribution in [0.3, 0.4) is 0 Å². The topological polar surface area (TPSA) is 47.7 Å². The average Bonchev–Trinajstić information content (AvgIpc) is 3.08. The highest BCUT2D eigenvalue weighted by Crippen LogP contribution is 2.34. The number of ether oxygens (including phenoxy) is 2. The predicted octanol–water partition coefficient (Wildman–Crippen LogP) is 3.92. The third-order valence-corrected chi connectivity index (χ3v) is 5.62. The lowest BCUT2D eigenvalue weighted by Crippen LogP contribution is -2.39. The Kier molecular flexibility index (Phi) is 5.46. The average molecular weight is 356 g/mol. The van der Waals surface area contributed by atoms with Crippen LogP contribution >= 0.6 is 11.3 Å². The summed E-state index contributed by atoms with van der Waals surface area (Å²) in [6, 6.07) is 14.6. The van der Waals surface area contributed by atoms with Crippen molar-refractivity contribution in [3.05, 3.63) is 53.4 Å². The molecule has 3 rings (SSSR count). The summed E-state index contributed by atoms with van der Waals surface area (Å²) in [5.74, 6) is 1.57. The van der Waals surface area contributed by atoms with Gasteiger partial charge in [-0.1, -0.05) is 18.2 Å². The van der Waals surface area contributed by atoms with E-state index >= 15 is 0 Å². The number of likely N-dealkylation sites (N-methyl/N-ethyl adjacent to an activating group) is 1. The fraction of sp³-hybridized carbons (Fsp3) is 0.300. The highest BCUT2D eigenvalue weighted by molar-refractivity contribution is 7.17. The summed E-state index contributed by atoms with van der Waals surface area (Å²) >= 11 is 1.79. The first-order valence-electron chi connectivity index (χ1n) is 8.28. The summed E-state index contributed by atoms with van der Waals surface area (Å²) in [4.78, 5) is 2.20. The fourth-order valence-corrected chi connectivity index (χ4v) is 4.07. The molecule has 0 fully saturated rings. The van der Waals surface area contributed by atoms with Gasteiger partial charge in [-0.05, 0) is 40.9 Å². The molecule has 1 unspecified atom stereocenters. The number of rotatable bonds is 7. The zero-order chi connectivity index (χ0) is 17.8. The largest absolute Gasteiger partial charge is 0.497 e. The minimum Gasteiger partial charge on any atom is -0.497 e. The van der Waals surface area contributed by atoms with Crippen LogP contribution in [0, 0.1) is 0 Å². The second kappa shape index (κ2) is 7.76. The SMILES string of the molecule is COc1ccc(N(C)C(CN)Cc2csc3ccccc23)c(OC)c1. The molecule has 0 saturated carbocycles. The van der Waals surface area contributed by atoms with Crippen molar-refractivity contribution >= 4 is 27.1 Å². The Hall–Kier alpha value is -2.24. The third kappa shape index (κ3) is 3.57. The summed E-state index contributed by atoms with van der Waals surface area (Å²) in [5, 5.41) is 3.56. The van der Waals surface area contributed by atoms with Crippen molar-refractivity contribution in [3.8, 4) is 11.5 Å². The molecule has 0 aliphatic heterocycles. The molecule has 1 heterocycles. The Balaban J connectivity index is 1.88. The summed E-state index contributed by atoms with van der Waals surface area (Å²) in [6.45, 7) is 0.565. The van der Waals surface area contributed by atoms with Gasteiger partial charge >= 0.3 is 0 Å². The van der Waals surface area contributed by atoms with Crippen LogP contribution in [0.25, 0.3) is 10.1 Å². The van der Waals surface area contributed by atoms with Crippen molar-refractivity contribution in [1.82, 2.24) is 0 Å². The highest BCUT2D eigenvalue weighted by Gasteiger charge is 2.19. The molecule has 4 nitrogen and oxygen atoms in total. The molecular formula is C20H24N2O2S. The maximum atomic E-state index is 6.12. The summed E-state index contributed by atoms with van der Waals surface area (Å²) in [7, 11) is 5.40. The second-order valence-corrected chi connectivity index (χ2v) is 6.91. The van der Waals surface area contributed by atoms with Gasteiger partial charge in [-0.25, -0.2) is 0 Å². The lowest BCUT2D eigenvalue weighted by Gasteiger charge is -2.30. The first-order valence-corrected chi connectivity index (χ1v) is 9.16. The molecule has 2 N–H and O–H groups in total. The van der Waals surface area contributed by atoms with Gasteiger partial charge in [0.25, 0.3) is 0 Å². The van der Waals surface area contributed by atoms with E-state index < -0.39 is 0 Å². The van der Waals surface area contributed by atoms with E-state index in [2.05, 4.69) is 41.6 Å². The Labute approximate surface area is 152 Å². The smallest absolute Gasteiger partial charge is 0.145 e. The molecule has 25 heavy (non-hydrogen) atoms. The first-order chi connectivity index (χ1) is 12.2. The van der Waals surface area contributed by atoms with Crippen molar-refractivity contribution in [2.75, 3.05) is 32.7 Å². The number of thiophene rings is 1. The number of nitrogens with zero attached hydrogens (tertiary/aromatic N) is 1. The maximum Gasteiger partial charge on any atom is 0.145 e. The number of fused-ring (bicyclic) bond motifs is 1. The molecule has 0 amide bonds. The van der Waals surface area contributed by atoms with E-state index in [0.29, 0.717) is 6.54 Å². The molecule has 0 spiro atoms. The highest BCUT2D eigenvalue weighted by atomic mass is 32.1. The zero-order valence-electron chi connectivity index (χ0n) is 14.9. The van der Waals surface area contributed by atoms with Crippen LogP contribution in [0.2, 0.25) is 0 Å².